The summed E-state index contributed by atoms with van der Waals surface area (Å²) in [5.41, 5.74) is 3.97. The van der Waals surface area contributed by atoms with Crippen LogP contribution in [0, 0.1) is 0 Å². The molecule has 6 heteroatoms. The molecule has 2 aliphatic heterocycles. The zero-order valence-corrected chi connectivity index (χ0v) is 15.8. The molecule has 3 heterocycles. The first-order valence-electron chi connectivity index (χ1n) is 8.95. The summed E-state index contributed by atoms with van der Waals surface area (Å²) >= 11 is 12.4. The summed E-state index contributed by atoms with van der Waals surface area (Å²) < 4.78 is 2.21. The molecule has 2 amide bonds. The number of aryl methyl sites for hydroxylation is 2. The SMILES string of the molecule is O=C1NC(=O)[C@@H](c2cn3c4c(cccc24)CCC3)[C@@H]1c1ccc(Cl)cc1Cl. The average Bonchev–Trinajstić information content (AvgIpc) is 3.14. The topological polar surface area (TPSA) is 51.1 Å². The molecule has 136 valence electrons. The summed E-state index contributed by atoms with van der Waals surface area (Å²) in [4.78, 5) is 25.4. The Labute approximate surface area is 166 Å². The van der Waals surface area contributed by atoms with Gasteiger partial charge in [0.05, 0.1) is 17.4 Å². The molecular formula is C21H16Cl2N2O2. The van der Waals surface area contributed by atoms with Gasteiger partial charge in [0.1, 0.15) is 0 Å². The van der Waals surface area contributed by atoms with Crippen LogP contribution in [-0.4, -0.2) is 16.4 Å². The largest absolute Gasteiger partial charge is 0.347 e. The first-order valence-corrected chi connectivity index (χ1v) is 9.70. The third-order valence-electron chi connectivity index (χ3n) is 5.64. The molecule has 0 radical (unpaired) electrons. The molecule has 0 aliphatic carbocycles. The number of amides is 2. The zero-order valence-electron chi connectivity index (χ0n) is 14.3. The van der Waals surface area contributed by atoms with Gasteiger partial charge in [-0.15, -0.1) is 0 Å². The van der Waals surface area contributed by atoms with Gasteiger partial charge < -0.3 is 4.57 Å². The van der Waals surface area contributed by atoms with E-state index in [4.69, 9.17) is 23.2 Å². The number of imide groups is 1. The van der Waals surface area contributed by atoms with Gasteiger partial charge in [-0.25, -0.2) is 0 Å². The number of para-hydroxylation sites is 1. The Hall–Kier alpha value is -2.30. The first-order chi connectivity index (χ1) is 13.0. The summed E-state index contributed by atoms with van der Waals surface area (Å²) in [5, 5.41) is 4.43. The lowest BCUT2D eigenvalue weighted by Crippen LogP contribution is -2.21. The Morgan fingerprint density at radius 3 is 2.56 bits per heavy atom. The van der Waals surface area contributed by atoms with Crippen molar-refractivity contribution in [2.24, 2.45) is 0 Å². The Bertz CT molecular complexity index is 1120. The molecule has 0 unspecified atom stereocenters. The van der Waals surface area contributed by atoms with Crippen molar-refractivity contribution in [1.82, 2.24) is 9.88 Å². The number of rotatable bonds is 2. The minimum absolute atomic E-state index is 0.278. The fourth-order valence-electron chi connectivity index (χ4n) is 4.51. The van der Waals surface area contributed by atoms with Gasteiger partial charge in [-0.05, 0) is 41.7 Å². The lowest BCUT2D eigenvalue weighted by molar-refractivity contribution is -0.125. The van der Waals surface area contributed by atoms with Crippen LogP contribution >= 0.6 is 23.2 Å². The summed E-state index contributed by atoms with van der Waals surface area (Å²) in [7, 11) is 0. The second-order valence-electron chi connectivity index (χ2n) is 7.17. The molecule has 2 aromatic carbocycles. The summed E-state index contributed by atoms with van der Waals surface area (Å²) in [5.74, 6) is -1.86. The lowest BCUT2D eigenvalue weighted by Gasteiger charge is -2.17. The van der Waals surface area contributed by atoms with E-state index in [0.717, 1.165) is 30.3 Å². The number of nitrogens with zero attached hydrogens (tertiary/aromatic N) is 1. The second kappa shape index (κ2) is 6.11. The normalized spacial score (nSPS) is 21.7. The van der Waals surface area contributed by atoms with Crippen molar-refractivity contribution in [2.75, 3.05) is 0 Å². The fraction of sp³-hybridized carbons (Fsp3) is 0.238. The maximum atomic E-state index is 12.8. The van der Waals surface area contributed by atoms with Gasteiger partial charge in [-0.1, -0.05) is 47.5 Å². The molecule has 2 aliphatic rings. The van der Waals surface area contributed by atoms with Crippen molar-refractivity contribution >= 4 is 45.9 Å². The zero-order chi connectivity index (χ0) is 18.7. The van der Waals surface area contributed by atoms with E-state index in [1.165, 1.54) is 11.1 Å². The van der Waals surface area contributed by atoms with Crippen molar-refractivity contribution < 1.29 is 9.59 Å². The Morgan fingerprint density at radius 2 is 1.78 bits per heavy atom. The minimum Gasteiger partial charge on any atom is -0.347 e. The van der Waals surface area contributed by atoms with E-state index >= 15 is 0 Å². The quantitative estimate of drug-likeness (QED) is 0.649. The fourth-order valence-corrected chi connectivity index (χ4v) is 5.03. The van der Waals surface area contributed by atoms with Crippen LogP contribution in [-0.2, 0) is 22.6 Å². The molecule has 0 bridgehead atoms. The molecule has 0 saturated carbocycles. The third-order valence-corrected chi connectivity index (χ3v) is 6.20. The standard InChI is InChI=1S/C21H16Cl2N2O2/c22-12-6-7-14(16(23)9-12)17-18(21(27)24-20(17)26)15-10-25-8-2-4-11-3-1-5-13(15)19(11)25/h1,3,5-7,9-10,17-18H,2,4,8H2,(H,24,26,27)/t17-,18-/m0/s1. The predicted octanol–water partition coefficient (Wildman–Crippen LogP) is 4.42. The van der Waals surface area contributed by atoms with Crippen LogP contribution < -0.4 is 5.32 Å². The number of halogens is 2. The number of hydrogen-bond acceptors (Lipinski definition) is 2. The van der Waals surface area contributed by atoms with E-state index in [9.17, 15) is 9.59 Å². The summed E-state index contributed by atoms with van der Waals surface area (Å²) in [6.45, 7) is 0.919. The lowest BCUT2D eigenvalue weighted by atomic mass is 9.83. The van der Waals surface area contributed by atoms with E-state index in [0.29, 0.717) is 15.6 Å². The first kappa shape index (κ1) is 16.8. The average molecular weight is 399 g/mol. The second-order valence-corrected chi connectivity index (χ2v) is 8.01. The molecule has 3 aromatic rings. The molecule has 2 atom stereocenters. The van der Waals surface area contributed by atoms with Crippen LogP contribution in [0.15, 0.2) is 42.6 Å². The number of carbonyl (C=O) groups excluding carboxylic acids is 2. The molecular weight excluding hydrogens is 383 g/mol. The minimum atomic E-state index is -0.661. The number of hydrogen-bond donors (Lipinski definition) is 1. The van der Waals surface area contributed by atoms with Crippen LogP contribution in [0.5, 0.6) is 0 Å². The van der Waals surface area contributed by atoms with Crippen molar-refractivity contribution in [3.05, 3.63) is 69.3 Å². The molecule has 1 N–H and O–H groups in total. The molecule has 27 heavy (non-hydrogen) atoms. The van der Waals surface area contributed by atoms with Crippen LogP contribution in [0.4, 0.5) is 0 Å². The molecule has 1 fully saturated rings. The predicted molar refractivity (Wildman–Crippen MR) is 105 cm³/mol. The highest BCUT2D eigenvalue weighted by atomic mass is 35.5. The number of carbonyl (C=O) groups is 2. The monoisotopic (exact) mass is 398 g/mol. The highest BCUT2D eigenvalue weighted by Crippen LogP contribution is 2.44. The van der Waals surface area contributed by atoms with Gasteiger partial charge >= 0.3 is 0 Å². The van der Waals surface area contributed by atoms with E-state index in [-0.39, 0.29) is 11.8 Å². The Balaban J connectivity index is 1.71. The van der Waals surface area contributed by atoms with Crippen molar-refractivity contribution in [3.8, 4) is 0 Å². The summed E-state index contributed by atoms with van der Waals surface area (Å²) in [6.07, 6.45) is 4.14. The molecule has 1 aromatic heterocycles. The van der Waals surface area contributed by atoms with Crippen LogP contribution in [0.2, 0.25) is 10.0 Å². The van der Waals surface area contributed by atoms with Crippen LogP contribution in [0.3, 0.4) is 0 Å². The number of nitrogens with one attached hydrogen (secondary N) is 1. The van der Waals surface area contributed by atoms with Crippen molar-refractivity contribution in [3.63, 3.8) is 0 Å². The van der Waals surface area contributed by atoms with Gasteiger partial charge in [0, 0.05) is 28.2 Å². The van der Waals surface area contributed by atoms with E-state index in [2.05, 4.69) is 16.0 Å². The van der Waals surface area contributed by atoms with Gasteiger partial charge in [-0.3, -0.25) is 14.9 Å². The van der Waals surface area contributed by atoms with Gasteiger partial charge in [0.15, 0.2) is 0 Å². The third kappa shape index (κ3) is 2.51. The van der Waals surface area contributed by atoms with Crippen molar-refractivity contribution in [1.29, 1.82) is 0 Å². The van der Waals surface area contributed by atoms with Gasteiger partial charge in [0.25, 0.3) is 0 Å². The molecule has 5 rings (SSSR count). The van der Waals surface area contributed by atoms with E-state index in [1.807, 2.05) is 18.3 Å². The smallest absolute Gasteiger partial charge is 0.235 e. The maximum absolute atomic E-state index is 12.8. The number of aromatic nitrogens is 1. The highest BCUT2D eigenvalue weighted by molar-refractivity contribution is 6.35. The van der Waals surface area contributed by atoms with Crippen molar-refractivity contribution in [2.45, 2.75) is 31.2 Å². The maximum Gasteiger partial charge on any atom is 0.235 e. The van der Waals surface area contributed by atoms with Gasteiger partial charge in [-0.2, -0.15) is 0 Å². The molecule has 4 nitrogen and oxygen atoms in total. The van der Waals surface area contributed by atoms with Gasteiger partial charge in [0.2, 0.25) is 11.8 Å². The molecule has 1 saturated heterocycles. The van der Waals surface area contributed by atoms with E-state index < -0.39 is 11.8 Å². The summed E-state index contributed by atoms with van der Waals surface area (Å²) in [6, 6.07) is 11.2. The van der Waals surface area contributed by atoms with Crippen LogP contribution in [0.1, 0.15) is 34.9 Å². The highest BCUT2D eigenvalue weighted by Gasteiger charge is 2.45. The van der Waals surface area contributed by atoms with Crippen LogP contribution in [0.25, 0.3) is 10.9 Å². The Morgan fingerprint density at radius 1 is 1.00 bits per heavy atom. The molecule has 0 spiro atoms. The number of benzene rings is 2. The Kier molecular flexibility index (Phi) is 3.81. The van der Waals surface area contributed by atoms with E-state index in [1.54, 1.807) is 18.2 Å².